The first-order valence-electron chi connectivity index (χ1n) is 30.9. The van der Waals surface area contributed by atoms with Crippen molar-refractivity contribution in [2.75, 3.05) is 57.1 Å². The maximum Gasteiger partial charge on any atom is 0.373 e. The minimum atomic E-state index is -1.34. The number of nitrogens with zero attached hydrogens (tertiary/aromatic N) is 4. The normalized spacial score (nSPS) is 13.1. The molecule has 0 fully saturated rings. The molecule has 5 aromatic carbocycles. The van der Waals surface area contributed by atoms with Crippen molar-refractivity contribution in [3.63, 3.8) is 0 Å². The summed E-state index contributed by atoms with van der Waals surface area (Å²) in [4.78, 5) is 162. The summed E-state index contributed by atoms with van der Waals surface area (Å²) in [7, 11) is 3.42. The number of H-pyrrole nitrogens is 3. The molecule has 0 aliphatic carbocycles. The van der Waals surface area contributed by atoms with E-state index in [-0.39, 0.29) is 96.7 Å². The van der Waals surface area contributed by atoms with E-state index >= 15 is 0 Å². The molecular formula is C67H69ClN14O15S2. The van der Waals surface area contributed by atoms with Gasteiger partial charge in [-0.25, -0.2) is 9.97 Å². The number of phenolic OH excluding ortho intramolecular Hbond substituents is 1. The van der Waals surface area contributed by atoms with Gasteiger partial charge in [0.05, 0.1) is 42.5 Å². The predicted molar refractivity (Wildman–Crippen MR) is 375 cm³/mol. The van der Waals surface area contributed by atoms with E-state index in [0.717, 1.165) is 49.6 Å². The average Bonchev–Trinajstić information content (AvgIpc) is 1.62. The lowest BCUT2D eigenvalue weighted by Gasteiger charge is -2.18. The number of carbonyl (C=O) groups excluding carboxylic acids is 9. The van der Waals surface area contributed by atoms with E-state index in [9.17, 15) is 53.1 Å². The van der Waals surface area contributed by atoms with Gasteiger partial charge >= 0.3 is 18.1 Å². The Hall–Kier alpha value is -11.0. The molecule has 99 heavy (non-hydrogen) atoms. The molecule has 0 radical (unpaired) electrons. The molecule has 1 aliphatic heterocycles. The van der Waals surface area contributed by atoms with Gasteiger partial charge in [-0.3, -0.25) is 52.9 Å². The fourth-order valence-electron chi connectivity index (χ4n) is 10.7. The number of carboxylic acids is 2. The lowest BCUT2D eigenvalue weighted by atomic mass is 9.92. The Kier molecular flexibility index (Phi) is 26.0. The van der Waals surface area contributed by atoms with E-state index in [4.69, 9.17) is 42.9 Å². The maximum atomic E-state index is 13.8. The van der Waals surface area contributed by atoms with Crippen molar-refractivity contribution in [3.8, 4) is 5.75 Å². The summed E-state index contributed by atoms with van der Waals surface area (Å²) in [6.45, 7) is 4.16. The number of halogens is 1. The molecule has 0 saturated heterocycles. The Morgan fingerprint density at radius 1 is 0.788 bits per heavy atom. The number of carbonyl (C=O) groups is 9. The van der Waals surface area contributed by atoms with Gasteiger partial charge in [0.2, 0.25) is 17.8 Å². The summed E-state index contributed by atoms with van der Waals surface area (Å²) in [6, 6.07) is 27.9. The summed E-state index contributed by atoms with van der Waals surface area (Å²) < 4.78 is 0. The molecule has 1 aliphatic rings. The highest BCUT2D eigenvalue weighted by Crippen LogP contribution is 2.46. The van der Waals surface area contributed by atoms with Crippen LogP contribution < -0.4 is 48.5 Å². The van der Waals surface area contributed by atoms with Crippen molar-refractivity contribution < 1.29 is 68.1 Å². The first kappa shape index (κ1) is 73.8. The van der Waals surface area contributed by atoms with Gasteiger partial charge in [-0.15, -0.1) is 11.6 Å². The number of ketones is 2. The number of nitrogens with one attached hydrogen (secondary N) is 8. The molecule has 0 bridgehead atoms. The molecule has 0 spiro atoms. The minimum Gasteiger partial charge on any atom is -0.507 e. The molecule has 32 heteroatoms. The van der Waals surface area contributed by atoms with Gasteiger partial charge in [0, 0.05) is 118 Å². The average molecular weight is 1410 g/mol. The van der Waals surface area contributed by atoms with E-state index < -0.39 is 60.0 Å². The zero-order valence-electron chi connectivity index (χ0n) is 53.3. The zero-order valence-corrected chi connectivity index (χ0v) is 55.7. The SMILES string of the molecule is CC(NC(=O)C(CC(=O)O)CC(=O)C(N)CCC(=O)CCCNC(=O)c1ccc(NCc2cnc3nc(N)[nH]c(=O)c3n2)cc1)C(=O)O.CCSSCCC(=O)Nc1ccc2[nH]c(C(=O)Nc3ccc4[nH]c(C(=O)N5CC(CCl)c6c5cc(O)c5ccccc65)cc4c3)cc2c1.O=C=O. The van der Waals surface area contributed by atoms with E-state index in [2.05, 4.69) is 63.4 Å². The Bertz CT molecular complexity index is 4620. The smallest absolute Gasteiger partial charge is 0.373 e. The zero-order chi connectivity index (χ0) is 71.4. The van der Waals surface area contributed by atoms with E-state index in [1.54, 1.807) is 75.0 Å². The van der Waals surface area contributed by atoms with Gasteiger partial charge in [0.25, 0.3) is 23.3 Å². The number of aromatic hydroxyl groups is 1. The number of hydrogen-bond donors (Lipinski definition) is 13. The molecule has 0 saturated carbocycles. The van der Waals surface area contributed by atoms with E-state index in [0.29, 0.717) is 70.7 Å². The summed E-state index contributed by atoms with van der Waals surface area (Å²) in [5.74, 6) is -4.55. The molecule has 5 heterocycles. The number of rotatable bonds is 29. The van der Waals surface area contributed by atoms with Gasteiger partial charge in [-0.05, 0) is 104 Å². The summed E-state index contributed by atoms with van der Waals surface area (Å²) in [5.41, 5.74) is 17.8. The number of hydrogen-bond acceptors (Lipinski definition) is 21. The van der Waals surface area contributed by atoms with Crippen LogP contribution in [0.25, 0.3) is 43.7 Å². The number of aliphatic carboxylic acids is 2. The summed E-state index contributed by atoms with van der Waals surface area (Å²) in [5, 5.41) is 45.8. The van der Waals surface area contributed by atoms with Crippen molar-refractivity contribution in [3.05, 3.63) is 148 Å². The van der Waals surface area contributed by atoms with E-state index in [1.807, 2.05) is 54.6 Å². The number of nitrogens with two attached hydrogens (primary N) is 2. The Balaban J connectivity index is 0.000000243. The highest BCUT2D eigenvalue weighted by molar-refractivity contribution is 8.76. The molecule has 5 amide bonds. The molecule has 9 aromatic rings. The number of Topliss-reactive ketones (excluding diaryl/α,β-unsaturated/α-hetero) is 2. The molecule has 29 nitrogen and oxygen atoms in total. The van der Waals surface area contributed by atoms with Gasteiger partial charge in [0.15, 0.2) is 11.2 Å². The van der Waals surface area contributed by atoms with Crippen LogP contribution in [0.3, 0.4) is 0 Å². The Morgan fingerprint density at radius 3 is 2.11 bits per heavy atom. The summed E-state index contributed by atoms with van der Waals surface area (Å²) >= 11 is 6.37. The van der Waals surface area contributed by atoms with Gasteiger partial charge in [-0.2, -0.15) is 14.6 Å². The monoisotopic (exact) mass is 1410 g/mol. The molecular weight excluding hydrogens is 1340 g/mol. The lowest BCUT2D eigenvalue weighted by molar-refractivity contribution is -0.192. The number of anilines is 5. The number of benzene rings is 5. The first-order chi connectivity index (χ1) is 47.5. The number of fused-ring (bicyclic) bond motifs is 6. The van der Waals surface area contributed by atoms with Gasteiger partial charge in [0.1, 0.15) is 34.7 Å². The maximum absolute atomic E-state index is 13.8. The molecule has 4 atom stereocenters. The standard InChI is InChI=1S/C36H32ClN5O4S2.C30H37N9O9.CO2/c1-2-47-48-12-11-33(44)38-23-7-9-27-20(13-23)15-29(40-27)35(45)39-24-8-10-28-21(14-24)16-30(41-28)36(46)42-19-22(18-37)34-26-6-4-3-5-25(26)32(43)17-31(34)42;1-15(29(47)48)36-27(45)17(12-23(42)43)11-22(41)21(31)9-8-20(40)3-2-10-33-26(44)16-4-6-18(7-5-16)34-13-19-14-35-25-24(37-19)28(46)39-30(32)38-25;2-1-3/h3-10,13-17,22,40-41,43H,2,11-12,18-19H2,1H3,(H,38,44)(H,39,45);4-7,14-15,17,21,34H,2-3,8-13,31H2,1H3,(H,33,44)(H,36,45)(H,42,43)(H,47,48)(H3,32,35,38,39,46);. The third-order valence-corrected chi connectivity index (χ3v) is 18.4. The number of carboxylic acid groups (broad SMARTS) is 2. The second-order valence-electron chi connectivity index (χ2n) is 22.7. The van der Waals surface area contributed by atoms with Gasteiger partial charge < -0.3 is 68.2 Å². The van der Waals surface area contributed by atoms with Crippen LogP contribution in [-0.2, 0) is 44.9 Å². The van der Waals surface area contributed by atoms with Crippen molar-refractivity contribution in [1.29, 1.82) is 0 Å². The first-order valence-corrected chi connectivity index (χ1v) is 33.9. The van der Waals surface area contributed by atoms with Crippen molar-refractivity contribution >= 4 is 165 Å². The molecule has 516 valence electrons. The summed E-state index contributed by atoms with van der Waals surface area (Å²) in [6.07, 6.45) is 1.35. The van der Waals surface area contributed by atoms with Crippen LogP contribution >= 0.6 is 33.2 Å². The van der Waals surface area contributed by atoms with Crippen LogP contribution in [0.4, 0.5) is 28.7 Å². The Morgan fingerprint density at radius 2 is 1.44 bits per heavy atom. The van der Waals surface area contributed by atoms with Crippen LogP contribution in [0.2, 0.25) is 0 Å². The van der Waals surface area contributed by atoms with Crippen molar-refractivity contribution in [1.82, 2.24) is 40.5 Å². The van der Waals surface area contributed by atoms with Crippen LogP contribution in [0.1, 0.15) is 107 Å². The predicted octanol–water partition coefficient (Wildman–Crippen LogP) is 7.62. The highest BCUT2D eigenvalue weighted by Gasteiger charge is 2.36. The van der Waals surface area contributed by atoms with Crippen molar-refractivity contribution in [2.45, 2.75) is 83.3 Å². The third-order valence-electron chi connectivity index (χ3n) is 15.6. The van der Waals surface area contributed by atoms with Crippen LogP contribution in [0, 0.1) is 5.92 Å². The van der Waals surface area contributed by atoms with Crippen LogP contribution in [0.15, 0.2) is 114 Å². The third kappa shape index (κ3) is 19.8. The second-order valence-corrected chi connectivity index (χ2v) is 25.8. The lowest BCUT2D eigenvalue weighted by Crippen LogP contribution is -2.44. The number of alkyl halides is 1. The number of nitrogen functional groups attached to an aromatic ring is 1. The largest absolute Gasteiger partial charge is 0.507 e. The molecule has 15 N–H and O–H groups in total. The highest BCUT2D eigenvalue weighted by atomic mass is 35.5. The molecule has 4 aromatic heterocycles. The van der Waals surface area contributed by atoms with Gasteiger partial charge in [-0.1, -0.05) is 52.8 Å². The van der Waals surface area contributed by atoms with Crippen LogP contribution in [0.5, 0.6) is 5.75 Å². The second kappa shape index (κ2) is 34.8. The van der Waals surface area contributed by atoms with Crippen LogP contribution in [-0.4, -0.2) is 147 Å². The van der Waals surface area contributed by atoms with E-state index in [1.165, 1.54) is 13.1 Å². The quantitative estimate of drug-likeness (QED) is 0.0122. The molecule has 4 unspecified atom stereocenters. The Labute approximate surface area is 576 Å². The number of aromatic nitrogens is 6. The topological polar surface area (TPSA) is 467 Å². The fourth-order valence-corrected chi connectivity index (χ4v) is 12.6. The van der Waals surface area contributed by atoms with Crippen molar-refractivity contribution in [2.24, 2.45) is 11.7 Å². The fraction of sp³-hybridized carbons (Fsp3) is 0.284. The number of phenols is 1. The minimum absolute atomic E-state index is 0.0184. The number of aromatic amines is 3. The molecule has 10 rings (SSSR count). The number of amides is 5.